The molecule has 156 valence electrons. The van der Waals surface area contributed by atoms with Crippen molar-refractivity contribution >= 4 is 27.7 Å². The van der Waals surface area contributed by atoms with Crippen LogP contribution in [0.4, 0.5) is 0 Å². The van der Waals surface area contributed by atoms with Crippen molar-refractivity contribution in [3.63, 3.8) is 0 Å². The van der Waals surface area contributed by atoms with Crippen molar-refractivity contribution in [1.29, 1.82) is 0 Å². The molecular formula is C22H27BrN2O4. The van der Waals surface area contributed by atoms with Crippen molar-refractivity contribution in [1.82, 2.24) is 10.9 Å². The third-order valence-electron chi connectivity index (χ3n) is 4.09. The summed E-state index contributed by atoms with van der Waals surface area (Å²) in [6.45, 7) is 10.2. The Bertz CT molecular complexity index is 843. The highest BCUT2D eigenvalue weighted by molar-refractivity contribution is 9.10. The molecular weight excluding hydrogens is 436 g/mol. The Hall–Kier alpha value is -2.54. The molecule has 0 radical (unpaired) electrons. The molecule has 0 spiro atoms. The summed E-state index contributed by atoms with van der Waals surface area (Å²) in [5.74, 6) is 0.900. The molecule has 7 heteroatoms. The molecule has 2 aromatic carbocycles. The van der Waals surface area contributed by atoms with Crippen LogP contribution >= 0.6 is 15.9 Å². The van der Waals surface area contributed by atoms with Gasteiger partial charge in [0.05, 0.1) is 6.61 Å². The lowest BCUT2D eigenvalue weighted by molar-refractivity contribution is -0.128. The van der Waals surface area contributed by atoms with Gasteiger partial charge in [-0.1, -0.05) is 29.8 Å². The Kier molecular flexibility index (Phi) is 8.08. The molecule has 1 atom stereocenters. The third-order valence-corrected chi connectivity index (χ3v) is 4.55. The van der Waals surface area contributed by atoms with Crippen LogP contribution in [0, 0.1) is 19.8 Å². The number of hydrogen-bond acceptors (Lipinski definition) is 4. The van der Waals surface area contributed by atoms with Gasteiger partial charge in [0.2, 0.25) is 0 Å². The Morgan fingerprint density at radius 1 is 1.00 bits per heavy atom. The standard InChI is InChI=1S/C22H27BrN2O4/c1-13(2)12-28-19-8-6-17(7-9-19)22(27)25-24-21(26)16(5)29-20-14(3)10-18(23)11-15(20)4/h6-11,13,16H,12H2,1-5H3,(H,24,26)(H,25,27). The van der Waals surface area contributed by atoms with Gasteiger partial charge in [-0.15, -0.1) is 0 Å². The van der Waals surface area contributed by atoms with E-state index in [2.05, 4.69) is 40.6 Å². The highest BCUT2D eigenvalue weighted by Gasteiger charge is 2.18. The lowest BCUT2D eigenvalue weighted by Crippen LogP contribution is -2.47. The van der Waals surface area contributed by atoms with Gasteiger partial charge in [0.15, 0.2) is 6.10 Å². The summed E-state index contributed by atoms with van der Waals surface area (Å²) in [5, 5.41) is 0. The Balaban J connectivity index is 1.88. The lowest BCUT2D eigenvalue weighted by Gasteiger charge is -2.18. The van der Waals surface area contributed by atoms with E-state index in [-0.39, 0.29) is 0 Å². The van der Waals surface area contributed by atoms with Gasteiger partial charge in [-0.2, -0.15) is 0 Å². The summed E-state index contributed by atoms with van der Waals surface area (Å²) in [5.41, 5.74) is 7.05. The van der Waals surface area contributed by atoms with E-state index in [4.69, 9.17) is 9.47 Å². The smallest absolute Gasteiger partial charge is 0.279 e. The number of halogens is 1. The largest absolute Gasteiger partial charge is 0.493 e. The molecule has 0 aromatic heterocycles. The molecule has 2 amide bonds. The molecule has 1 unspecified atom stereocenters. The van der Waals surface area contributed by atoms with Gasteiger partial charge in [0.25, 0.3) is 11.8 Å². The van der Waals surface area contributed by atoms with E-state index >= 15 is 0 Å². The fourth-order valence-electron chi connectivity index (χ4n) is 2.57. The maximum atomic E-state index is 12.3. The summed E-state index contributed by atoms with van der Waals surface area (Å²) < 4.78 is 12.3. The van der Waals surface area contributed by atoms with Gasteiger partial charge in [-0.3, -0.25) is 20.4 Å². The molecule has 2 rings (SSSR count). The predicted molar refractivity (Wildman–Crippen MR) is 116 cm³/mol. The summed E-state index contributed by atoms with van der Waals surface area (Å²) in [6.07, 6.45) is -0.777. The van der Waals surface area contributed by atoms with Crippen LogP contribution in [0.3, 0.4) is 0 Å². The molecule has 2 aromatic rings. The monoisotopic (exact) mass is 462 g/mol. The van der Waals surface area contributed by atoms with E-state index < -0.39 is 17.9 Å². The zero-order chi connectivity index (χ0) is 21.6. The van der Waals surface area contributed by atoms with Crippen LogP contribution in [0.25, 0.3) is 0 Å². The van der Waals surface area contributed by atoms with Gasteiger partial charge in [-0.05, 0) is 74.2 Å². The summed E-state index contributed by atoms with van der Waals surface area (Å²) in [6, 6.07) is 10.6. The first-order valence-electron chi connectivity index (χ1n) is 9.43. The second-order valence-electron chi connectivity index (χ2n) is 7.30. The van der Waals surface area contributed by atoms with E-state index in [9.17, 15) is 9.59 Å². The van der Waals surface area contributed by atoms with E-state index in [0.717, 1.165) is 15.6 Å². The molecule has 6 nitrogen and oxygen atoms in total. The van der Waals surface area contributed by atoms with Crippen LogP contribution < -0.4 is 20.3 Å². The molecule has 0 aliphatic heterocycles. The van der Waals surface area contributed by atoms with Crippen LogP contribution in [-0.2, 0) is 4.79 Å². The van der Waals surface area contributed by atoms with Crippen molar-refractivity contribution in [2.24, 2.45) is 5.92 Å². The van der Waals surface area contributed by atoms with Crippen LogP contribution in [0.1, 0.15) is 42.3 Å². The number of hydrazine groups is 1. The van der Waals surface area contributed by atoms with Crippen LogP contribution in [-0.4, -0.2) is 24.5 Å². The number of carbonyl (C=O) groups excluding carboxylic acids is 2. The molecule has 0 heterocycles. The number of rotatable bonds is 7. The van der Waals surface area contributed by atoms with Crippen LogP contribution in [0.5, 0.6) is 11.5 Å². The molecule has 0 aliphatic rings. The van der Waals surface area contributed by atoms with Crippen LogP contribution in [0.15, 0.2) is 40.9 Å². The Morgan fingerprint density at radius 3 is 2.14 bits per heavy atom. The van der Waals surface area contributed by atoms with E-state index in [1.54, 1.807) is 31.2 Å². The average molecular weight is 463 g/mol. The number of amides is 2. The third kappa shape index (κ3) is 6.78. The van der Waals surface area contributed by atoms with Crippen molar-refractivity contribution in [2.75, 3.05) is 6.61 Å². The number of aryl methyl sites for hydroxylation is 2. The van der Waals surface area contributed by atoms with Crippen molar-refractivity contribution in [2.45, 2.75) is 40.7 Å². The zero-order valence-electron chi connectivity index (χ0n) is 17.3. The average Bonchev–Trinajstić information content (AvgIpc) is 2.67. The first kappa shape index (κ1) is 22.7. The topological polar surface area (TPSA) is 76.7 Å². The molecule has 0 bridgehead atoms. The molecule has 29 heavy (non-hydrogen) atoms. The number of ether oxygens (including phenoxy) is 2. The van der Waals surface area contributed by atoms with Gasteiger partial charge < -0.3 is 9.47 Å². The van der Waals surface area contributed by atoms with Crippen molar-refractivity contribution in [3.05, 3.63) is 57.6 Å². The fourth-order valence-corrected chi connectivity index (χ4v) is 3.26. The Morgan fingerprint density at radius 2 is 1.59 bits per heavy atom. The van der Waals surface area contributed by atoms with Crippen molar-refractivity contribution < 1.29 is 19.1 Å². The number of benzene rings is 2. The molecule has 0 aliphatic carbocycles. The first-order valence-corrected chi connectivity index (χ1v) is 10.2. The molecule has 0 fully saturated rings. The maximum absolute atomic E-state index is 12.3. The minimum Gasteiger partial charge on any atom is -0.493 e. The van der Waals surface area contributed by atoms with E-state index in [1.807, 2.05) is 26.0 Å². The maximum Gasteiger partial charge on any atom is 0.279 e. The fraction of sp³-hybridized carbons (Fsp3) is 0.364. The number of hydrogen-bond donors (Lipinski definition) is 2. The van der Waals surface area contributed by atoms with Gasteiger partial charge in [0.1, 0.15) is 11.5 Å². The summed E-state index contributed by atoms with van der Waals surface area (Å²) >= 11 is 3.43. The summed E-state index contributed by atoms with van der Waals surface area (Å²) in [4.78, 5) is 24.5. The highest BCUT2D eigenvalue weighted by Crippen LogP contribution is 2.28. The minimum atomic E-state index is -0.777. The van der Waals surface area contributed by atoms with Gasteiger partial charge in [0, 0.05) is 10.0 Å². The van der Waals surface area contributed by atoms with Gasteiger partial charge in [-0.25, -0.2) is 0 Å². The molecule has 2 N–H and O–H groups in total. The normalized spacial score (nSPS) is 11.7. The molecule has 0 saturated heterocycles. The number of nitrogens with one attached hydrogen (secondary N) is 2. The van der Waals surface area contributed by atoms with Crippen molar-refractivity contribution in [3.8, 4) is 11.5 Å². The first-order chi connectivity index (χ1) is 13.7. The van der Waals surface area contributed by atoms with Gasteiger partial charge >= 0.3 is 0 Å². The predicted octanol–water partition coefficient (Wildman–Crippen LogP) is 4.33. The minimum absolute atomic E-state index is 0.412. The molecule has 0 saturated carbocycles. The second kappa shape index (κ2) is 10.3. The highest BCUT2D eigenvalue weighted by atomic mass is 79.9. The van der Waals surface area contributed by atoms with E-state index in [0.29, 0.717) is 29.6 Å². The number of carbonyl (C=O) groups is 2. The summed E-state index contributed by atoms with van der Waals surface area (Å²) in [7, 11) is 0. The quantitative estimate of drug-likeness (QED) is 0.600. The van der Waals surface area contributed by atoms with Crippen LogP contribution in [0.2, 0.25) is 0 Å². The SMILES string of the molecule is Cc1cc(Br)cc(C)c1OC(C)C(=O)NNC(=O)c1ccc(OCC(C)C)cc1. The van der Waals surface area contributed by atoms with E-state index in [1.165, 1.54) is 0 Å². The lowest BCUT2D eigenvalue weighted by atomic mass is 10.1. The Labute approximate surface area is 180 Å². The second-order valence-corrected chi connectivity index (χ2v) is 8.22. The zero-order valence-corrected chi connectivity index (χ0v) is 18.9.